The largest absolute Gasteiger partial charge is 0.311 e. The molecule has 0 bridgehead atoms. The maximum Gasteiger partial charge on any atom is 0.0104 e. The highest BCUT2D eigenvalue weighted by Crippen LogP contribution is 2.34. The SMILES string of the molecule is CN(CCNC(C)(C)C)CC1Cc2ccccc21. The molecule has 1 aromatic carbocycles. The van der Waals surface area contributed by atoms with E-state index in [1.807, 2.05) is 0 Å². The first kappa shape index (κ1) is 13.6. The van der Waals surface area contributed by atoms with Gasteiger partial charge in [-0.2, -0.15) is 0 Å². The summed E-state index contributed by atoms with van der Waals surface area (Å²) in [5.74, 6) is 0.751. The Morgan fingerprint density at radius 1 is 1.28 bits per heavy atom. The Kier molecular flexibility index (Phi) is 4.08. The molecule has 1 aliphatic rings. The van der Waals surface area contributed by atoms with Gasteiger partial charge in [-0.05, 0) is 45.4 Å². The zero-order valence-corrected chi connectivity index (χ0v) is 12.2. The van der Waals surface area contributed by atoms with Gasteiger partial charge in [-0.25, -0.2) is 0 Å². The molecule has 1 N–H and O–H groups in total. The fourth-order valence-corrected chi connectivity index (χ4v) is 2.61. The van der Waals surface area contributed by atoms with Crippen molar-refractivity contribution in [3.8, 4) is 0 Å². The lowest BCUT2D eigenvalue weighted by molar-refractivity contribution is 0.283. The van der Waals surface area contributed by atoms with E-state index in [1.54, 1.807) is 11.1 Å². The topological polar surface area (TPSA) is 15.3 Å². The Morgan fingerprint density at radius 3 is 2.67 bits per heavy atom. The van der Waals surface area contributed by atoms with E-state index in [2.05, 4.69) is 62.3 Å². The summed E-state index contributed by atoms with van der Waals surface area (Å²) < 4.78 is 0. The summed E-state index contributed by atoms with van der Waals surface area (Å²) in [7, 11) is 2.23. The first-order chi connectivity index (χ1) is 8.46. The summed E-state index contributed by atoms with van der Waals surface area (Å²) in [6.45, 7) is 10.0. The molecule has 1 aliphatic carbocycles. The molecule has 1 aromatic rings. The van der Waals surface area contributed by atoms with Gasteiger partial charge < -0.3 is 10.2 Å². The van der Waals surface area contributed by atoms with Gasteiger partial charge in [-0.3, -0.25) is 0 Å². The Bertz CT molecular complexity index is 392. The van der Waals surface area contributed by atoms with E-state index >= 15 is 0 Å². The van der Waals surface area contributed by atoms with Crippen molar-refractivity contribution in [1.82, 2.24) is 10.2 Å². The van der Waals surface area contributed by atoms with Crippen molar-refractivity contribution in [3.63, 3.8) is 0 Å². The van der Waals surface area contributed by atoms with Gasteiger partial charge in [-0.15, -0.1) is 0 Å². The van der Waals surface area contributed by atoms with Crippen molar-refractivity contribution in [3.05, 3.63) is 35.4 Å². The van der Waals surface area contributed by atoms with Crippen LogP contribution in [0.5, 0.6) is 0 Å². The molecule has 18 heavy (non-hydrogen) atoms. The van der Waals surface area contributed by atoms with Crippen LogP contribution in [0.3, 0.4) is 0 Å². The van der Waals surface area contributed by atoms with Crippen molar-refractivity contribution in [2.24, 2.45) is 0 Å². The van der Waals surface area contributed by atoms with Gasteiger partial charge in [-0.1, -0.05) is 24.3 Å². The quantitative estimate of drug-likeness (QED) is 0.859. The summed E-state index contributed by atoms with van der Waals surface area (Å²) in [5.41, 5.74) is 3.33. The van der Waals surface area contributed by atoms with Crippen LogP contribution in [0.1, 0.15) is 37.8 Å². The molecule has 0 saturated heterocycles. The molecule has 0 amide bonds. The molecule has 0 spiro atoms. The van der Waals surface area contributed by atoms with Gasteiger partial charge in [0.25, 0.3) is 0 Å². The molecule has 2 nitrogen and oxygen atoms in total. The van der Waals surface area contributed by atoms with Gasteiger partial charge >= 0.3 is 0 Å². The van der Waals surface area contributed by atoms with Gasteiger partial charge in [0, 0.05) is 31.1 Å². The summed E-state index contributed by atoms with van der Waals surface area (Å²) in [4.78, 5) is 2.44. The predicted octanol–water partition coefficient (Wildman–Crippen LogP) is 2.65. The Labute approximate surface area is 111 Å². The molecule has 0 saturated carbocycles. The maximum absolute atomic E-state index is 3.54. The van der Waals surface area contributed by atoms with Crippen LogP contribution >= 0.6 is 0 Å². The number of nitrogens with zero attached hydrogens (tertiary/aromatic N) is 1. The van der Waals surface area contributed by atoms with Crippen LogP contribution in [-0.2, 0) is 6.42 Å². The monoisotopic (exact) mass is 246 g/mol. The highest BCUT2D eigenvalue weighted by atomic mass is 15.1. The lowest BCUT2D eigenvalue weighted by Gasteiger charge is -2.33. The summed E-state index contributed by atoms with van der Waals surface area (Å²) in [5, 5.41) is 3.54. The average molecular weight is 246 g/mol. The highest BCUT2D eigenvalue weighted by molar-refractivity contribution is 5.40. The number of likely N-dealkylation sites (N-methyl/N-ethyl adjacent to an activating group) is 1. The fraction of sp³-hybridized carbons (Fsp3) is 0.625. The number of nitrogens with one attached hydrogen (secondary N) is 1. The van der Waals surface area contributed by atoms with Crippen LogP contribution in [0.25, 0.3) is 0 Å². The lowest BCUT2D eigenvalue weighted by atomic mass is 9.77. The van der Waals surface area contributed by atoms with Crippen molar-refractivity contribution in [1.29, 1.82) is 0 Å². The molecule has 0 radical (unpaired) electrons. The second-order valence-electron chi connectivity index (χ2n) is 6.54. The predicted molar refractivity (Wildman–Crippen MR) is 78.1 cm³/mol. The van der Waals surface area contributed by atoms with Crippen molar-refractivity contribution < 1.29 is 0 Å². The standard InChI is InChI=1S/C16H26N2/c1-16(2,3)17-9-10-18(4)12-14-11-13-7-5-6-8-15(13)14/h5-8,14,17H,9-12H2,1-4H3. The Morgan fingerprint density at radius 2 is 2.00 bits per heavy atom. The molecule has 100 valence electrons. The van der Waals surface area contributed by atoms with E-state index in [-0.39, 0.29) is 5.54 Å². The van der Waals surface area contributed by atoms with Crippen LogP contribution in [-0.4, -0.2) is 37.1 Å². The number of fused-ring (bicyclic) bond motifs is 1. The van der Waals surface area contributed by atoms with E-state index in [0.717, 1.165) is 19.0 Å². The van der Waals surface area contributed by atoms with Crippen molar-refractivity contribution >= 4 is 0 Å². The highest BCUT2D eigenvalue weighted by Gasteiger charge is 2.26. The number of hydrogen-bond acceptors (Lipinski definition) is 2. The Balaban J connectivity index is 1.72. The lowest BCUT2D eigenvalue weighted by Crippen LogP contribution is -2.41. The fourth-order valence-electron chi connectivity index (χ4n) is 2.61. The van der Waals surface area contributed by atoms with E-state index in [0.29, 0.717) is 0 Å². The minimum absolute atomic E-state index is 0.226. The van der Waals surface area contributed by atoms with Crippen LogP contribution in [0, 0.1) is 0 Å². The summed E-state index contributed by atoms with van der Waals surface area (Å²) in [6, 6.07) is 8.84. The maximum atomic E-state index is 3.54. The molecule has 0 aliphatic heterocycles. The molecule has 2 rings (SSSR count). The van der Waals surface area contributed by atoms with Crippen LogP contribution in [0.4, 0.5) is 0 Å². The normalized spacial score (nSPS) is 18.6. The van der Waals surface area contributed by atoms with Crippen molar-refractivity contribution in [2.45, 2.75) is 38.6 Å². The zero-order chi connectivity index (χ0) is 13.2. The second-order valence-corrected chi connectivity index (χ2v) is 6.54. The number of benzene rings is 1. The smallest absolute Gasteiger partial charge is 0.0104 e. The zero-order valence-electron chi connectivity index (χ0n) is 12.2. The first-order valence-corrected chi connectivity index (χ1v) is 6.97. The minimum atomic E-state index is 0.226. The molecule has 0 fully saturated rings. The molecule has 1 unspecified atom stereocenters. The first-order valence-electron chi connectivity index (χ1n) is 6.97. The number of hydrogen-bond donors (Lipinski definition) is 1. The van der Waals surface area contributed by atoms with Crippen LogP contribution in [0.2, 0.25) is 0 Å². The molecule has 2 heteroatoms. The number of rotatable bonds is 5. The third kappa shape index (κ3) is 3.56. The van der Waals surface area contributed by atoms with E-state index in [1.165, 1.54) is 13.0 Å². The third-order valence-electron chi connectivity index (χ3n) is 3.64. The van der Waals surface area contributed by atoms with E-state index in [9.17, 15) is 0 Å². The van der Waals surface area contributed by atoms with E-state index < -0.39 is 0 Å². The van der Waals surface area contributed by atoms with Crippen LogP contribution < -0.4 is 5.32 Å². The van der Waals surface area contributed by atoms with Crippen molar-refractivity contribution in [2.75, 3.05) is 26.7 Å². The van der Waals surface area contributed by atoms with Gasteiger partial charge in [0.05, 0.1) is 0 Å². The molecular weight excluding hydrogens is 220 g/mol. The third-order valence-corrected chi connectivity index (χ3v) is 3.64. The van der Waals surface area contributed by atoms with Crippen LogP contribution in [0.15, 0.2) is 24.3 Å². The molecule has 0 heterocycles. The Hall–Kier alpha value is -0.860. The molecular formula is C16H26N2. The average Bonchev–Trinajstić information content (AvgIpc) is 2.24. The van der Waals surface area contributed by atoms with Gasteiger partial charge in [0.2, 0.25) is 0 Å². The minimum Gasteiger partial charge on any atom is -0.311 e. The van der Waals surface area contributed by atoms with E-state index in [4.69, 9.17) is 0 Å². The summed E-state index contributed by atoms with van der Waals surface area (Å²) in [6.07, 6.45) is 1.26. The summed E-state index contributed by atoms with van der Waals surface area (Å²) >= 11 is 0. The molecule has 1 atom stereocenters. The van der Waals surface area contributed by atoms with Gasteiger partial charge in [0.1, 0.15) is 0 Å². The molecule has 0 aromatic heterocycles. The van der Waals surface area contributed by atoms with Gasteiger partial charge in [0.15, 0.2) is 0 Å². The second kappa shape index (κ2) is 5.41.